The highest BCUT2D eigenvalue weighted by Crippen LogP contribution is 2.18. The van der Waals surface area contributed by atoms with Gasteiger partial charge in [0.1, 0.15) is 5.82 Å². The van der Waals surface area contributed by atoms with Gasteiger partial charge in [-0.3, -0.25) is 4.79 Å². The number of amides is 1. The fourth-order valence-electron chi connectivity index (χ4n) is 2.50. The van der Waals surface area contributed by atoms with Crippen LogP contribution in [-0.2, 0) is 21.4 Å². The Morgan fingerprint density at radius 1 is 1.21 bits per heavy atom. The number of nitrogens with zero attached hydrogens (tertiary/aromatic N) is 3. The molecule has 1 amide bonds. The number of carbonyl (C=O) groups excluding carboxylic acids is 1. The predicted molar refractivity (Wildman–Crippen MR) is 106 cm³/mol. The fraction of sp³-hybridized carbons (Fsp3) is 0.263. The number of rotatable bonds is 7. The van der Waals surface area contributed by atoms with E-state index in [4.69, 9.17) is 5.26 Å². The van der Waals surface area contributed by atoms with E-state index in [1.807, 2.05) is 6.07 Å². The van der Waals surface area contributed by atoms with Crippen molar-refractivity contribution in [2.24, 2.45) is 0 Å². The molecule has 0 heterocycles. The molecule has 0 fully saturated rings. The van der Waals surface area contributed by atoms with Crippen molar-refractivity contribution in [3.8, 4) is 6.07 Å². The molecule has 0 aliphatic carbocycles. The van der Waals surface area contributed by atoms with Gasteiger partial charge in [-0.1, -0.05) is 15.9 Å². The molecular weight excluding hydrogens is 449 g/mol. The smallest absolute Gasteiger partial charge is 0.243 e. The summed E-state index contributed by atoms with van der Waals surface area (Å²) < 4.78 is 40.9. The summed E-state index contributed by atoms with van der Waals surface area (Å²) >= 11 is 3.27. The van der Waals surface area contributed by atoms with Gasteiger partial charge in [0.25, 0.3) is 0 Å². The van der Waals surface area contributed by atoms with E-state index in [1.54, 1.807) is 19.1 Å². The first kappa shape index (κ1) is 22.0. The van der Waals surface area contributed by atoms with Crippen molar-refractivity contribution >= 4 is 31.9 Å². The van der Waals surface area contributed by atoms with Gasteiger partial charge >= 0.3 is 0 Å². The highest BCUT2D eigenvalue weighted by Gasteiger charge is 2.25. The second-order valence-electron chi connectivity index (χ2n) is 6.04. The topological polar surface area (TPSA) is 81.5 Å². The van der Waals surface area contributed by atoms with Crippen molar-refractivity contribution in [2.45, 2.75) is 18.4 Å². The summed E-state index contributed by atoms with van der Waals surface area (Å²) in [6.45, 7) is 1.69. The minimum Gasteiger partial charge on any atom is -0.337 e. The molecule has 2 rings (SSSR count). The van der Waals surface area contributed by atoms with E-state index in [-0.39, 0.29) is 18.0 Å². The second-order valence-corrected chi connectivity index (χ2v) is 9.00. The van der Waals surface area contributed by atoms with Crippen molar-refractivity contribution in [3.63, 3.8) is 0 Å². The Morgan fingerprint density at radius 3 is 2.43 bits per heavy atom. The molecule has 0 bridgehead atoms. The highest BCUT2D eigenvalue weighted by atomic mass is 79.9. The maximum Gasteiger partial charge on any atom is 0.243 e. The molecule has 0 aliphatic rings. The molecule has 0 aliphatic heterocycles. The normalized spacial score (nSPS) is 11.3. The largest absolute Gasteiger partial charge is 0.337 e. The van der Waals surface area contributed by atoms with E-state index in [0.29, 0.717) is 22.1 Å². The molecule has 0 N–H and O–H groups in total. The monoisotopic (exact) mass is 467 g/mol. The molecule has 0 saturated heterocycles. The van der Waals surface area contributed by atoms with E-state index in [1.165, 1.54) is 42.3 Å². The lowest BCUT2D eigenvalue weighted by molar-refractivity contribution is -0.131. The number of nitriles is 1. The van der Waals surface area contributed by atoms with E-state index in [2.05, 4.69) is 15.9 Å². The van der Waals surface area contributed by atoms with Crippen molar-refractivity contribution < 1.29 is 17.6 Å². The zero-order valence-corrected chi connectivity index (χ0v) is 17.8. The first-order chi connectivity index (χ1) is 13.2. The Kier molecular flexibility index (Phi) is 7.29. The van der Waals surface area contributed by atoms with Crippen LogP contribution in [-0.4, -0.2) is 43.7 Å². The number of benzene rings is 2. The van der Waals surface area contributed by atoms with Crippen LogP contribution in [0, 0.1) is 17.1 Å². The number of hydrogen-bond acceptors (Lipinski definition) is 4. The summed E-state index contributed by atoms with van der Waals surface area (Å²) in [5.41, 5.74) is 0.674. The van der Waals surface area contributed by atoms with Gasteiger partial charge < -0.3 is 4.90 Å². The first-order valence-corrected chi connectivity index (χ1v) is 10.6. The average Bonchev–Trinajstić information content (AvgIpc) is 2.68. The van der Waals surface area contributed by atoms with Gasteiger partial charge in [-0.25, -0.2) is 12.8 Å². The summed E-state index contributed by atoms with van der Waals surface area (Å²) in [7, 11) is -2.59. The molecule has 2 aromatic carbocycles. The summed E-state index contributed by atoms with van der Waals surface area (Å²) in [6, 6.07) is 11.8. The van der Waals surface area contributed by atoms with Gasteiger partial charge in [0.15, 0.2) is 0 Å². The molecule has 0 aromatic heterocycles. The molecule has 28 heavy (non-hydrogen) atoms. The van der Waals surface area contributed by atoms with Gasteiger partial charge in [-0.05, 0) is 49.4 Å². The van der Waals surface area contributed by atoms with Crippen LogP contribution in [0.25, 0.3) is 0 Å². The predicted octanol–water partition coefficient (Wildman–Crippen LogP) is 3.13. The second kappa shape index (κ2) is 9.28. The number of likely N-dealkylation sites (N-methyl/N-ethyl adjacent to an activating group) is 2. The molecule has 9 heteroatoms. The van der Waals surface area contributed by atoms with Gasteiger partial charge in [-0.15, -0.1) is 0 Å². The molecule has 0 saturated carbocycles. The third-order valence-corrected chi connectivity index (χ3v) is 6.46. The Morgan fingerprint density at radius 2 is 1.86 bits per heavy atom. The number of hydrogen-bond donors (Lipinski definition) is 0. The van der Waals surface area contributed by atoms with E-state index < -0.39 is 21.7 Å². The van der Waals surface area contributed by atoms with E-state index >= 15 is 0 Å². The lowest BCUT2D eigenvalue weighted by Crippen LogP contribution is -2.40. The van der Waals surface area contributed by atoms with Crippen LogP contribution in [0.4, 0.5) is 4.39 Å². The van der Waals surface area contributed by atoms with Crippen LogP contribution < -0.4 is 0 Å². The van der Waals surface area contributed by atoms with Gasteiger partial charge in [0, 0.05) is 30.2 Å². The Labute approximate surface area is 172 Å². The molecule has 0 radical (unpaired) electrons. The Hall–Kier alpha value is -2.28. The standard InChI is InChI=1S/C19H19BrFN3O3S/c1-3-24(12-15-10-16(20)6-9-18(15)21)19(25)13-23(2)28(26,27)17-7-4-14(11-22)5-8-17/h4-10H,3,12-13H2,1-2H3. The highest BCUT2D eigenvalue weighted by molar-refractivity contribution is 9.10. The maximum atomic E-state index is 14.0. The Balaban J connectivity index is 2.14. The third kappa shape index (κ3) is 5.16. The third-order valence-electron chi connectivity index (χ3n) is 4.15. The molecule has 0 spiro atoms. The zero-order valence-electron chi connectivity index (χ0n) is 15.4. The quantitative estimate of drug-likeness (QED) is 0.626. The summed E-state index contributed by atoms with van der Waals surface area (Å²) in [5, 5.41) is 8.82. The summed E-state index contributed by atoms with van der Waals surface area (Å²) in [6.07, 6.45) is 0. The number of carbonyl (C=O) groups is 1. The molecule has 6 nitrogen and oxygen atoms in total. The zero-order chi connectivity index (χ0) is 20.9. The van der Waals surface area contributed by atoms with Crippen LogP contribution in [0.5, 0.6) is 0 Å². The van der Waals surface area contributed by atoms with Crippen LogP contribution >= 0.6 is 15.9 Å². The molecule has 0 unspecified atom stereocenters. The summed E-state index contributed by atoms with van der Waals surface area (Å²) in [5.74, 6) is -0.880. The van der Waals surface area contributed by atoms with E-state index in [9.17, 15) is 17.6 Å². The van der Waals surface area contributed by atoms with Crippen LogP contribution in [0.15, 0.2) is 51.8 Å². The summed E-state index contributed by atoms with van der Waals surface area (Å²) in [4.78, 5) is 14.0. The molecule has 2 aromatic rings. The van der Waals surface area contributed by atoms with Crippen molar-refractivity contribution in [1.82, 2.24) is 9.21 Å². The SMILES string of the molecule is CCN(Cc1cc(Br)ccc1F)C(=O)CN(C)S(=O)(=O)c1ccc(C#N)cc1. The molecule has 0 atom stereocenters. The van der Waals surface area contributed by atoms with Crippen molar-refractivity contribution in [1.29, 1.82) is 5.26 Å². The fourth-order valence-corrected chi connectivity index (χ4v) is 4.03. The van der Waals surface area contributed by atoms with Crippen LogP contribution in [0.2, 0.25) is 0 Å². The van der Waals surface area contributed by atoms with Gasteiger partial charge in [0.05, 0.1) is 23.1 Å². The van der Waals surface area contributed by atoms with Crippen LogP contribution in [0.3, 0.4) is 0 Å². The number of halogens is 2. The van der Waals surface area contributed by atoms with E-state index in [0.717, 1.165) is 4.31 Å². The van der Waals surface area contributed by atoms with Crippen molar-refractivity contribution in [3.05, 3.63) is 63.9 Å². The Bertz CT molecular complexity index is 1000. The number of sulfonamides is 1. The first-order valence-electron chi connectivity index (χ1n) is 8.37. The minimum atomic E-state index is -3.89. The minimum absolute atomic E-state index is 0.0112. The van der Waals surface area contributed by atoms with Gasteiger partial charge in [-0.2, -0.15) is 9.57 Å². The molecular formula is C19H19BrFN3O3S. The maximum absolute atomic E-state index is 14.0. The van der Waals surface area contributed by atoms with Gasteiger partial charge in [0.2, 0.25) is 15.9 Å². The molecule has 148 valence electrons. The lowest BCUT2D eigenvalue weighted by Gasteiger charge is -2.24. The van der Waals surface area contributed by atoms with Crippen molar-refractivity contribution in [2.75, 3.05) is 20.1 Å². The van der Waals surface area contributed by atoms with Crippen LogP contribution in [0.1, 0.15) is 18.1 Å². The lowest BCUT2D eigenvalue weighted by atomic mass is 10.2. The average molecular weight is 468 g/mol.